The van der Waals surface area contributed by atoms with E-state index >= 15 is 0 Å². The minimum Gasteiger partial charge on any atom is -0.371 e. The van der Waals surface area contributed by atoms with Gasteiger partial charge < -0.3 is 9.80 Å². The first kappa shape index (κ1) is 23.9. The number of carbonyl (C=O) groups is 3. The van der Waals surface area contributed by atoms with Gasteiger partial charge in [0.2, 0.25) is 5.91 Å². The third kappa shape index (κ3) is 4.44. The molecule has 3 aliphatic heterocycles. The Morgan fingerprint density at radius 2 is 1.71 bits per heavy atom. The number of likely N-dealkylation sites (tertiary alicyclic amines) is 1. The molecule has 1 atom stereocenters. The zero-order valence-corrected chi connectivity index (χ0v) is 21.0. The summed E-state index contributed by atoms with van der Waals surface area (Å²) < 4.78 is 0. The van der Waals surface area contributed by atoms with Crippen LogP contribution in [0.3, 0.4) is 0 Å². The Kier molecular flexibility index (Phi) is 6.83. The normalized spacial score (nSPS) is 21.0. The predicted octanol–water partition coefficient (Wildman–Crippen LogP) is 5.14. The molecule has 0 aliphatic carbocycles. The summed E-state index contributed by atoms with van der Waals surface area (Å²) in [6.07, 6.45) is 5.96. The molecule has 0 unspecified atom stereocenters. The number of anilines is 1. The highest BCUT2D eigenvalue weighted by atomic mass is 35.5. The summed E-state index contributed by atoms with van der Waals surface area (Å²) >= 11 is 6.29. The number of piperidine rings is 2. The summed E-state index contributed by atoms with van der Waals surface area (Å²) in [6.45, 7) is 4.59. The molecule has 3 aliphatic rings. The molecule has 35 heavy (non-hydrogen) atoms. The molecular weight excluding hydrogens is 462 g/mol. The zero-order chi connectivity index (χ0) is 24.5. The van der Waals surface area contributed by atoms with Gasteiger partial charge in [-0.05, 0) is 62.3 Å². The van der Waals surface area contributed by atoms with Crippen molar-refractivity contribution in [2.75, 3.05) is 24.5 Å². The second-order valence-corrected chi connectivity index (χ2v) is 10.2. The monoisotopic (exact) mass is 493 g/mol. The predicted molar refractivity (Wildman–Crippen MR) is 137 cm³/mol. The van der Waals surface area contributed by atoms with Crippen molar-refractivity contribution in [2.45, 2.75) is 58.0 Å². The standard InChI is InChI=1S/C28H32ClN3O3/c1-2-21-9-5-6-15-31(21)26(33)19-13-16-30(17-14-19)24-12-7-10-22-25(24)28(35)32(27(22)34)18-20-8-3-4-11-23(20)29/h3-4,7-8,10-12,19,21H,2,5-6,9,13-18H2,1H3/t21-/m0/s1. The van der Waals surface area contributed by atoms with E-state index in [2.05, 4.69) is 16.7 Å². The van der Waals surface area contributed by atoms with Gasteiger partial charge in [-0.1, -0.05) is 42.8 Å². The van der Waals surface area contributed by atoms with Gasteiger partial charge in [-0.15, -0.1) is 0 Å². The molecule has 6 nitrogen and oxygen atoms in total. The van der Waals surface area contributed by atoms with Crippen LogP contribution in [0.4, 0.5) is 5.69 Å². The topological polar surface area (TPSA) is 60.9 Å². The molecule has 2 fully saturated rings. The van der Waals surface area contributed by atoms with Crippen molar-refractivity contribution < 1.29 is 14.4 Å². The highest BCUT2D eigenvalue weighted by Gasteiger charge is 2.40. The van der Waals surface area contributed by atoms with Crippen LogP contribution >= 0.6 is 11.6 Å². The summed E-state index contributed by atoms with van der Waals surface area (Å²) in [5.74, 6) is -0.235. The van der Waals surface area contributed by atoms with Crippen LogP contribution in [-0.4, -0.2) is 53.2 Å². The fourth-order valence-corrected chi connectivity index (χ4v) is 6.03. The van der Waals surface area contributed by atoms with Crippen LogP contribution in [0.1, 0.15) is 71.7 Å². The molecular formula is C28H32ClN3O3. The van der Waals surface area contributed by atoms with Crippen LogP contribution in [0.25, 0.3) is 0 Å². The van der Waals surface area contributed by atoms with Crippen molar-refractivity contribution in [2.24, 2.45) is 5.92 Å². The van der Waals surface area contributed by atoms with E-state index < -0.39 is 0 Å². The van der Waals surface area contributed by atoms with Gasteiger partial charge in [0.05, 0.1) is 23.4 Å². The largest absolute Gasteiger partial charge is 0.371 e. The number of rotatable bonds is 5. The Bertz CT molecular complexity index is 1140. The number of hydrogen-bond donors (Lipinski definition) is 0. The highest BCUT2D eigenvalue weighted by Crippen LogP contribution is 2.36. The summed E-state index contributed by atoms with van der Waals surface area (Å²) in [4.78, 5) is 45.4. The number of fused-ring (bicyclic) bond motifs is 1. The molecule has 0 aromatic heterocycles. The average Bonchev–Trinajstić information content (AvgIpc) is 3.14. The average molecular weight is 494 g/mol. The summed E-state index contributed by atoms with van der Waals surface area (Å²) in [7, 11) is 0. The van der Waals surface area contributed by atoms with Crippen molar-refractivity contribution in [3.05, 3.63) is 64.2 Å². The van der Waals surface area contributed by atoms with Gasteiger partial charge >= 0.3 is 0 Å². The Morgan fingerprint density at radius 1 is 0.943 bits per heavy atom. The number of hydrogen-bond acceptors (Lipinski definition) is 4. The molecule has 7 heteroatoms. The van der Waals surface area contributed by atoms with Crippen molar-refractivity contribution in [1.82, 2.24) is 9.80 Å². The number of benzene rings is 2. The van der Waals surface area contributed by atoms with Crippen LogP contribution in [0.15, 0.2) is 42.5 Å². The van der Waals surface area contributed by atoms with Crippen molar-refractivity contribution in [3.8, 4) is 0 Å². The van der Waals surface area contributed by atoms with Gasteiger partial charge in [-0.25, -0.2) is 0 Å². The molecule has 184 valence electrons. The van der Waals surface area contributed by atoms with E-state index in [1.54, 1.807) is 12.1 Å². The molecule has 0 bridgehead atoms. The van der Waals surface area contributed by atoms with Gasteiger partial charge in [0.15, 0.2) is 0 Å². The fourth-order valence-electron chi connectivity index (χ4n) is 5.84. The smallest absolute Gasteiger partial charge is 0.263 e. The summed E-state index contributed by atoms with van der Waals surface area (Å²) in [5, 5.41) is 0.537. The van der Waals surface area contributed by atoms with Crippen molar-refractivity contribution >= 4 is 35.0 Å². The lowest BCUT2D eigenvalue weighted by Gasteiger charge is -2.40. The van der Waals surface area contributed by atoms with E-state index in [0.29, 0.717) is 41.2 Å². The van der Waals surface area contributed by atoms with Gasteiger partial charge in [0.1, 0.15) is 0 Å². The van der Waals surface area contributed by atoms with Crippen LogP contribution in [0, 0.1) is 5.92 Å². The van der Waals surface area contributed by atoms with E-state index in [-0.39, 0.29) is 24.3 Å². The highest BCUT2D eigenvalue weighted by molar-refractivity contribution is 6.31. The van der Waals surface area contributed by atoms with Crippen molar-refractivity contribution in [3.63, 3.8) is 0 Å². The van der Waals surface area contributed by atoms with E-state index in [4.69, 9.17) is 11.6 Å². The first-order valence-electron chi connectivity index (χ1n) is 12.8. The van der Waals surface area contributed by atoms with E-state index in [0.717, 1.165) is 49.9 Å². The van der Waals surface area contributed by atoms with E-state index in [1.165, 1.54) is 11.3 Å². The maximum atomic E-state index is 13.4. The molecule has 5 rings (SSSR count). The minimum absolute atomic E-state index is 0.0317. The number of halogens is 1. The maximum Gasteiger partial charge on any atom is 0.263 e. The van der Waals surface area contributed by atoms with Crippen molar-refractivity contribution in [1.29, 1.82) is 0 Å². The Morgan fingerprint density at radius 3 is 2.46 bits per heavy atom. The second-order valence-electron chi connectivity index (χ2n) is 9.84. The van der Waals surface area contributed by atoms with Crippen LogP contribution in [-0.2, 0) is 11.3 Å². The lowest BCUT2D eigenvalue weighted by atomic mass is 9.91. The third-order valence-electron chi connectivity index (χ3n) is 7.83. The minimum atomic E-state index is -0.285. The summed E-state index contributed by atoms with van der Waals surface area (Å²) in [5.41, 5.74) is 2.44. The quantitative estimate of drug-likeness (QED) is 0.541. The molecule has 0 N–H and O–H groups in total. The number of nitrogens with zero attached hydrogens (tertiary/aromatic N) is 3. The molecule has 0 spiro atoms. The molecule has 2 saturated heterocycles. The molecule has 0 radical (unpaired) electrons. The summed E-state index contributed by atoms with van der Waals surface area (Å²) in [6, 6.07) is 13.1. The SMILES string of the molecule is CC[C@H]1CCCCN1C(=O)C1CCN(c2cccc3c2C(=O)N(Cc2ccccc2Cl)C3=O)CC1. The lowest BCUT2D eigenvalue weighted by Crippen LogP contribution is -2.48. The fraction of sp³-hybridized carbons (Fsp3) is 0.464. The molecule has 2 aromatic rings. The first-order chi connectivity index (χ1) is 17.0. The lowest BCUT2D eigenvalue weighted by molar-refractivity contribution is -0.140. The third-order valence-corrected chi connectivity index (χ3v) is 8.20. The molecule has 3 amide bonds. The van der Waals surface area contributed by atoms with Gasteiger partial charge in [-0.3, -0.25) is 19.3 Å². The van der Waals surface area contributed by atoms with Gasteiger partial charge in [0, 0.05) is 36.6 Å². The Hall–Kier alpha value is -2.86. The number of imide groups is 1. The number of carbonyl (C=O) groups excluding carboxylic acids is 3. The van der Waals surface area contributed by atoms with E-state index in [1.807, 2.05) is 30.3 Å². The molecule has 2 aromatic carbocycles. The Labute approximate surface area is 211 Å². The van der Waals surface area contributed by atoms with Gasteiger partial charge in [0.25, 0.3) is 11.8 Å². The van der Waals surface area contributed by atoms with E-state index in [9.17, 15) is 14.4 Å². The van der Waals surface area contributed by atoms with Crippen LogP contribution in [0.5, 0.6) is 0 Å². The Balaban J connectivity index is 1.30. The molecule has 3 heterocycles. The maximum absolute atomic E-state index is 13.4. The van der Waals surface area contributed by atoms with Crippen LogP contribution in [0.2, 0.25) is 5.02 Å². The van der Waals surface area contributed by atoms with Crippen LogP contribution < -0.4 is 4.90 Å². The second kappa shape index (κ2) is 10.0. The zero-order valence-electron chi connectivity index (χ0n) is 20.2. The molecule has 0 saturated carbocycles. The first-order valence-corrected chi connectivity index (χ1v) is 13.2. The van der Waals surface area contributed by atoms with Gasteiger partial charge in [-0.2, -0.15) is 0 Å². The number of amides is 3.